The second-order valence-corrected chi connectivity index (χ2v) is 5.11. The number of fused-ring (bicyclic) bond motifs is 1. The van der Waals surface area contributed by atoms with Crippen LogP contribution in [0.2, 0.25) is 0 Å². The number of rotatable bonds is 5. The Morgan fingerprint density at radius 1 is 1.45 bits per heavy atom. The van der Waals surface area contributed by atoms with Gasteiger partial charge in [0.15, 0.2) is 11.2 Å². The SMILES string of the molecule is CCOC(=O)c1c(O)c2cccnc2n(OCC(C)C)c1=O. The second kappa shape index (κ2) is 6.46. The molecule has 0 unspecified atom stereocenters. The molecule has 0 fully saturated rings. The van der Waals surface area contributed by atoms with Crippen LogP contribution >= 0.6 is 0 Å². The van der Waals surface area contributed by atoms with E-state index in [0.29, 0.717) is 0 Å². The van der Waals surface area contributed by atoms with Gasteiger partial charge in [0.2, 0.25) is 0 Å². The average Bonchev–Trinajstić information content (AvgIpc) is 2.47. The van der Waals surface area contributed by atoms with Crippen molar-refractivity contribution in [3.63, 3.8) is 0 Å². The van der Waals surface area contributed by atoms with Crippen molar-refractivity contribution in [3.8, 4) is 5.75 Å². The fourth-order valence-corrected chi connectivity index (χ4v) is 1.91. The third-order valence-electron chi connectivity index (χ3n) is 2.89. The molecule has 118 valence electrons. The zero-order chi connectivity index (χ0) is 16.3. The van der Waals surface area contributed by atoms with Crippen LogP contribution in [0, 0.1) is 5.92 Å². The number of ether oxygens (including phenoxy) is 1. The summed E-state index contributed by atoms with van der Waals surface area (Å²) in [6.45, 7) is 5.82. The maximum atomic E-state index is 12.5. The highest BCUT2D eigenvalue weighted by atomic mass is 16.7. The van der Waals surface area contributed by atoms with Crippen LogP contribution in [-0.2, 0) is 4.74 Å². The van der Waals surface area contributed by atoms with Crippen molar-refractivity contribution in [1.29, 1.82) is 0 Å². The summed E-state index contributed by atoms with van der Waals surface area (Å²) in [7, 11) is 0. The molecule has 0 aliphatic heterocycles. The van der Waals surface area contributed by atoms with E-state index in [-0.39, 0.29) is 30.2 Å². The third kappa shape index (κ3) is 2.88. The first-order valence-electron chi connectivity index (χ1n) is 7.00. The van der Waals surface area contributed by atoms with Gasteiger partial charge in [0, 0.05) is 6.20 Å². The lowest BCUT2D eigenvalue weighted by atomic mass is 10.2. The van der Waals surface area contributed by atoms with Crippen molar-refractivity contribution < 1.29 is 19.5 Å². The van der Waals surface area contributed by atoms with Crippen LogP contribution in [-0.4, -0.2) is 34.0 Å². The Kier molecular flexibility index (Phi) is 4.65. The van der Waals surface area contributed by atoms with Gasteiger partial charge in [0.25, 0.3) is 0 Å². The lowest BCUT2D eigenvalue weighted by molar-refractivity contribution is 0.0506. The highest BCUT2D eigenvalue weighted by Crippen LogP contribution is 2.25. The van der Waals surface area contributed by atoms with E-state index in [4.69, 9.17) is 9.57 Å². The molecule has 0 radical (unpaired) electrons. The monoisotopic (exact) mass is 306 g/mol. The molecule has 2 aromatic rings. The van der Waals surface area contributed by atoms with E-state index in [9.17, 15) is 14.7 Å². The fourth-order valence-electron chi connectivity index (χ4n) is 1.91. The maximum absolute atomic E-state index is 12.5. The van der Waals surface area contributed by atoms with Gasteiger partial charge >= 0.3 is 11.5 Å². The van der Waals surface area contributed by atoms with E-state index in [0.717, 1.165) is 4.73 Å². The quantitative estimate of drug-likeness (QED) is 0.839. The van der Waals surface area contributed by atoms with Crippen molar-refractivity contribution >= 4 is 17.0 Å². The first-order valence-corrected chi connectivity index (χ1v) is 7.00. The molecular formula is C15H18N2O5. The Labute approximate surface area is 127 Å². The molecule has 1 N–H and O–H groups in total. The van der Waals surface area contributed by atoms with Gasteiger partial charge in [-0.05, 0) is 25.0 Å². The predicted molar refractivity (Wildman–Crippen MR) is 79.9 cm³/mol. The van der Waals surface area contributed by atoms with Gasteiger partial charge in [-0.2, -0.15) is 0 Å². The fraction of sp³-hybridized carbons (Fsp3) is 0.400. The van der Waals surface area contributed by atoms with Crippen LogP contribution in [0.25, 0.3) is 11.0 Å². The number of aromatic nitrogens is 2. The molecule has 0 amide bonds. The molecule has 0 bridgehead atoms. The van der Waals surface area contributed by atoms with Crippen LogP contribution in [0.5, 0.6) is 5.75 Å². The Hall–Kier alpha value is -2.57. The van der Waals surface area contributed by atoms with E-state index in [1.54, 1.807) is 19.1 Å². The van der Waals surface area contributed by atoms with Gasteiger partial charge < -0.3 is 14.7 Å². The Bertz CT molecular complexity index is 751. The maximum Gasteiger partial charge on any atom is 0.347 e. The summed E-state index contributed by atoms with van der Waals surface area (Å²) in [5.41, 5.74) is -1.09. The lowest BCUT2D eigenvalue weighted by Crippen LogP contribution is -2.34. The highest BCUT2D eigenvalue weighted by molar-refractivity contribution is 5.98. The van der Waals surface area contributed by atoms with E-state index < -0.39 is 22.8 Å². The first-order chi connectivity index (χ1) is 10.5. The van der Waals surface area contributed by atoms with Crippen molar-refractivity contribution in [2.24, 2.45) is 5.92 Å². The number of nitrogens with zero attached hydrogens (tertiary/aromatic N) is 2. The van der Waals surface area contributed by atoms with Crippen LogP contribution < -0.4 is 10.4 Å². The summed E-state index contributed by atoms with van der Waals surface area (Å²) in [6, 6.07) is 3.14. The molecule has 0 aliphatic rings. The Morgan fingerprint density at radius 3 is 2.82 bits per heavy atom. The summed E-state index contributed by atoms with van der Waals surface area (Å²) < 4.78 is 5.76. The van der Waals surface area contributed by atoms with Gasteiger partial charge in [-0.25, -0.2) is 9.78 Å². The number of carbonyl (C=O) groups is 1. The van der Waals surface area contributed by atoms with Crippen LogP contribution in [0.15, 0.2) is 23.1 Å². The summed E-state index contributed by atoms with van der Waals surface area (Å²) in [4.78, 5) is 33.9. The number of esters is 1. The zero-order valence-corrected chi connectivity index (χ0v) is 12.7. The lowest BCUT2D eigenvalue weighted by Gasteiger charge is -2.15. The summed E-state index contributed by atoms with van der Waals surface area (Å²) in [5.74, 6) is -1.17. The predicted octanol–water partition coefficient (Wildman–Crippen LogP) is 1.36. The second-order valence-electron chi connectivity index (χ2n) is 5.11. The number of pyridine rings is 2. The van der Waals surface area contributed by atoms with Crippen LogP contribution in [0.1, 0.15) is 31.1 Å². The van der Waals surface area contributed by atoms with Crippen molar-refractivity contribution in [3.05, 3.63) is 34.2 Å². The molecule has 0 saturated heterocycles. The molecule has 0 spiro atoms. The van der Waals surface area contributed by atoms with Crippen molar-refractivity contribution in [1.82, 2.24) is 9.71 Å². The summed E-state index contributed by atoms with van der Waals surface area (Å²) >= 11 is 0. The average molecular weight is 306 g/mol. The van der Waals surface area contributed by atoms with Gasteiger partial charge in [-0.15, -0.1) is 4.73 Å². The van der Waals surface area contributed by atoms with Crippen LogP contribution in [0.4, 0.5) is 0 Å². The molecule has 7 heteroatoms. The zero-order valence-electron chi connectivity index (χ0n) is 12.7. The summed E-state index contributed by atoms with van der Waals surface area (Å²) in [6.07, 6.45) is 1.47. The van der Waals surface area contributed by atoms with E-state index in [1.165, 1.54) is 6.20 Å². The smallest absolute Gasteiger partial charge is 0.347 e. The largest absolute Gasteiger partial charge is 0.506 e. The molecule has 2 rings (SSSR count). The summed E-state index contributed by atoms with van der Waals surface area (Å²) in [5, 5.41) is 10.5. The van der Waals surface area contributed by atoms with Gasteiger partial charge in [-0.1, -0.05) is 13.8 Å². The van der Waals surface area contributed by atoms with E-state index >= 15 is 0 Å². The molecule has 0 aliphatic carbocycles. The molecule has 2 heterocycles. The minimum absolute atomic E-state index is 0.0929. The molecule has 7 nitrogen and oxygen atoms in total. The van der Waals surface area contributed by atoms with E-state index in [1.807, 2.05) is 13.8 Å². The molecule has 0 aromatic carbocycles. The number of hydrogen-bond donors (Lipinski definition) is 1. The minimum Gasteiger partial charge on any atom is -0.506 e. The topological polar surface area (TPSA) is 90.7 Å². The molecular weight excluding hydrogens is 288 g/mol. The highest BCUT2D eigenvalue weighted by Gasteiger charge is 2.24. The molecule has 0 atom stereocenters. The number of aromatic hydroxyl groups is 1. The molecule has 2 aromatic heterocycles. The Morgan fingerprint density at radius 2 is 2.18 bits per heavy atom. The number of carbonyl (C=O) groups excluding carboxylic acids is 1. The van der Waals surface area contributed by atoms with Crippen molar-refractivity contribution in [2.75, 3.05) is 13.2 Å². The molecule has 0 saturated carbocycles. The van der Waals surface area contributed by atoms with Gasteiger partial charge in [0.1, 0.15) is 12.4 Å². The number of hydrogen-bond acceptors (Lipinski definition) is 6. The third-order valence-corrected chi connectivity index (χ3v) is 2.89. The van der Waals surface area contributed by atoms with Crippen LogP contribution in [0.3, 0.4) is 0 Å². The van der Waals surface area contributed by atoms with Gasteiger partial charge in [0.05, 0.1) is 12.0 Å². The van der Waals surface area contributed by atoms with E-state index in [2.05, 4.69) is 4.98 Å². The first kappa shape index (κ1) is 15.8. The van der Waals surface area contributed by atoms with Gasteiger partial charge in [-0.3, -0.25) is 4.79 Å². The standard InChI is InChI=1S/C15H18N2O5/c1-4-21-15(20)11-12(18)10-6-5-7-16-13(10)17(14(11)19)22-8-9(2)3/h5-7,9,18H,4,8H2,1-3H3. The Balaban J connectivity index is 2.70. The minimum atomic E-state index is -0.891. The van der Waals surface area contributed by atoms with Crippen molar-refractivity contribution in [2.45, 2.75) is 20.8 Å². The normalized spacial score (nSPS) is 10.9. The molecule has 22 heavy (non-hydrogen) atoms.